The fourth-order valence-corrected chi connectivity index (χ4v) is 1.29. The van der Waals surface area contributed by atoms with Gasteiger partial charge in [-0.2, -0.15) is 0 Å². The van der Waals surface area contributed by atoms with Crippen LogP contribution in [0.25, 0.3) is 0 Å². The zero-order valence-electron chi connectivity index (χ0n) is 5.51. The zero-order valence-corrected chi connectivity index (χ0v) is 7.10. The van der Waals surface area contributed by atoms with Crippen molar-refractivity contribution in [1.82, 2.24) is 0 Å². The summed E-state index contributed by atoms with van der Waals surface area (Å²) in [5.41, 5.74) is 0.155. The highest BCUT2D eigenvalue weighted by molar-refractivity contribution is 9.10. The lowest BCUT2D eigenvalue weighted by molar-refractivity contribution is 0.274. The number of benzene rings is 1. The molecule has 0 aliphatic rings. The highest BCUT2D eigenvalue weighted by Crippen LogP contribution is 2.25. The molecule has 2 nitrogen and oxygen atoms in total. The van der Waals surface area contributed by atoms with E-state index in [2.05, 4.69) is 15.9 Å². The first-order valence-corrected chi connectivity index (χ1v) is 3.72. The van der Waals surface area contributed by atoms with Crippen LogP contribution < -0.4 is 0 Å². The molecule has 1 aromatic rings. The Morgan fingerprint density at radius 1 is 1.45 bits per heavy atom. The second-order valence-corrected chi connectivity index (χ2v) is 2.90. The molecule has 0 atom stereocenters. The van der Waals surface area contributed by atoms with Crippen LogP contribution in [0, 0.1) is 5.82 Å². The van der Waals surface area contributed by atoms with Gasteiger partial charge in [0.1, 0.15) is 11.6 Å². The lowest BCUT2D eigenvalue weighted by atomic mass is 10.2. The van der Waals surface area contributed by atoms with Crippen molar-refractivity contribution < 1.29 is 14.6 Å². The molecular weight excluding hydrogens is 215 g/mol. The van der Waals surface area contributed by atoms with Crippen molar-refractivity contribution in [3.8, 4) is 5.75 Å². The Kier molecular flexibility index (Phi) is 2.46. The van der Waals surface area contributed by atoms with Crippen molar-refractivity contribution in [3.05, 3.63) is 28.0 Å². The van der Waals surface area contributed by atoms with Crippen molar-refractivity contribution >= 4 is 15.9 Å². The van der Waals surface area contributed by atoms with Crippen LogP contribution in [0.1, 0.15) is 5.56 Å². The number of aliphatic hydroxyl groups excluding tert-OH is 1. The quantitative estimate of drug-likeness (QED) is 0.758. The van der Waals surface area contributed by atoms with Crippen LogP contribution in [-0.2, 0) is 6.61 Å². The number of rotatable bonds is 1. The van der Waals surface area contributed by atoms with Gasteiger partial charge in [-0.15, -0.1) is 0 Å². The number of hydrogen-bond donors (Lipinski definition) is 2. The van der Waals surface area contributed by atoms with E-state index in [0.29, 0.717) is 4.47 Å². The normalized spacial score (nSPS) is 10.1. The fraction of sp³-hybridized carbons (Fsp3) is 0.143. The van der Waals surface area contributed by atoms with Gasteiger partial charge in [0.25, 0.3) is 0 Å². The van der Waals surface area contributed by atoms with Gasteiger partial charge in [-0.1, -0.05) is 15.9 Å². The zero-order chi connectivity index (χ0) is 8.43. The highest BCUT2D eigenvalue weighted by Gasteiger charge is 2.06. The summed E-state index contributed by atoms with van der Waals surface area (Å²) in [4.78, 5) is 0. The van der Waals surface area contributed by atoms with Crippen LogP contribution in [0.15, 0.2) is 16.6 Å². The summed E-state index contributed by atoms with van der Waals surface area (Å²) in [6.45, 7) is -0.382. The first-order chi connectivity index (χ1) is 5.15. The van der Waals surface area contributed by atoms with E-state index in [9.17, 15) is 4.39 Å². The highest BCUT2D eigenvalue weighted by atomic mass is 79.9. The van der Waals surface area contributed by atoms with Gasteiger partial charge in [0.15, 0.2) is 0 Å². The molecule has 4 heteroatoms. The van der Waals surface area contributed by atoms with Gasteiger partial charge in [0.2, 0.25) is 0 Å². The Bertz CT molecular complexity index is 252. The molecule has 11 heavy (non-hydrogen) atoms. The molecule has 0 heterocycles. The van der Waals surface area contributed by atoms with Crippen LogP contribution in [0.4, 0.5) is 4.39 Å². The smallest absolute Gasteiger partial charge is 0.133 e. The Labute approximate surface area is 71.4 Å². The summed E-state index contributed by atoms with van der Waals surface area (Å²) in [5, 5.41) is 17.5. The van der Waals surface area contributed by atoms with E-state index in [1.807, 2.05) is 0 Å². The molecule has 0 saturated carbocycles. The van der Waals surface area contributed by atoms with Crippen LogP contribution in [0.3, 0.4) is 0 Å². The van der Waals surface area contributed by atoms with E-state index < -0.39 is 5.82 Å². The van der Waals surface area contributed by atoms with Crippen LogP contribution in [0.5, 0.6) is 5.75 Å². The lowest BCUT2D eigenvalue weighted by Gasteiger charge is -2.02. The largest absolute Gasteiger partial charge is 0.508 e. The minimum absolute atomic E-state index is 0.155. The molecule has 2 N–H and O–H groups in total. The second-order valence-electron chi connectivity index (χ2n) is 2.05. The number of halogens is 2. The molecule has 0 aromatic heterocycles. The van der Waals surface area contributed by atoms with Crippen LogP contribution in [-0.4, -0.2) is 10.2 Å². The van der Waals surface area contributed by atoms with Gasteiger partial charge in [0, 0.05) is 16.1 Å². The van der Waals surface area contributed by atoms with Gasteiger partial charge in [0.05, 0.1) is 6.61 Å². The van der Waals surface area contributed by atoms with Gasteiger partial charge in [-0.25, -0.2) is 4.39 Å². The third-order valence-electron chi connectivity index (χ3n) is 1.28. The van der Waals surface area contributed by atoms with Crippen molar-refractivity contribution in [1.29, 1.82) is 0 Å². The Balaban J connectivity index is 3.25. The van der Waals surface area contributed by atoms with Gasteiger partial charge in [-0.05, 0) is 6.07 Å². The molecule has 0 amide bonds. The monoisotopic (exact) mass is 220 g/mol. The predicted octanol–water partition coefficient (Wildman–Crippen LogP) is 1.79. The minimum atomic E-state index is -0.612. The third-order valence-corrected chi connectivity index (χ3v) is 1.99. The molecule has 60 valence electrons. The molecular formula is C7H6BrFO2. The molecule has 0 aliphatic carbocycles. The van der Waals surface area contributed by atoms with Crippen molar-refractivity contribution in [3.63, 3.8) is 0 Å². The van der Waals surface area contributed by atoms with Gasteiger partial charge >= 0.3 is 0 Å². The van der Waals surface area contributed by atoms with E-state index >= 15 is 0 Å². The number of aromatic hydroxyl groups is 1. The molecule has 0 fully saturated rings. The van der Waals surface area contributed by atoms with Gasteiger partial charge < -0.3 is 10.2 Å². The molecule has 0 spiro atoms. The molecule has 1 rings (SSSR count). The van der Waals surface area contributed by atoms with E-state index in [4.69, 9.17) is 10.2 Å². The molecule has 0 radical (unpaired) electrons. The summed E-state index contributed by atoms with van der Waals surface area (Å²) in [7, 11) is 0. The van der Waals surface area contributed by atoms with E-state index in [1.165, 1.54) is 6.07 Å². The predicted molar refractivity (Wildman–Crippen MR) is 41.7 cm³/mol. The van der Waals surface area contributed by atoms with E-state index in [0.717, 1.165) is 6.07 Å². The Morgan fingerprint density at radius 2 is 2.09 bits per heavy atom. The van der Waals surface area contributed by atoms with E-state index in [1.54, 1.807) is 0 Å². The molecule has 0 aliphatic heterocycles. The van der Waals surface area contributed by atoms with Crippen molar-refractivity contribution in [2.75, 3.05) is 0 Å². The number of phenolic OH excluding ortho intramolecular Hbond substituents is 1. The standard InChI is InChI=1S/C7H6BrFO2/c8-6-1-4(11)2-7(9)5(6)3-10/h1-2,10-11H,3H2. The molecule has 0 saturated heterocycles. The average Bonchev–Trinajstić information content (AvgIpc) is 1.85. The Morgan fingerprint density at radius 3 is 2.55 bits per heavy atom. The van der Waals surface area contributed by atoms with Crippen molar-refractivity contribution in [2.24, 2.45) is 0 Å². The maximum absolute atomic E-state index is 12.8. The number of hydrogen-bond acceptors (Lipinski definition) is 2. The average molecular weight is 221 g/mol. The molecule has 0 bridgehead atoms. The summed E-state index contributed by atoms with van der Waals surface area (Å²) >= 11 is 3.00. The SMILES string of the molecule is OCc1c(F)cc(O)cc1Br. The Hall–Kier alpha value is -0.610. The first-order valence-electron chi connectivity index (χ1n) is 2.93. The topological polar surface area (TPSA) is 40.5 Å². The second kappa shape index (κ2) is 3.19. The summed E-state index contributed by atoms with van der Waals surface area (Å²) in [6, 6.07) is 2.28. The summed E-state index contributed by atoms with van der Waals surface area (Å²) in [5.74, 6) is -0.772. The summed E-state index contributed by atoms with van der Waals surface area (Å²) in [6.07, 6.45) is 0. The molecule has 1 aromatic carbocycles. The first kappa shape index (κ1) is 8.49. The van der Waals surface area contributed by atoms with Crippen molar-refractivity contribution in [2.45, 2.75) is 6.61 Å². The molecule has 0 unspecified atom stereocenters. The number of phenols is 1. The maximum atomic E-state index is 12.8. The van der Waals surface area contributed by atoms with E-state index in [-0.39, 0.29) is 17.9 Å². The third kappa shape index (κ3) is 1.70. The summed E-state index contributed by atoms with van der Waals surface area (Å²) < 4.78 is 13.1. The van der Waals surface area contributed by atoms with Crippen LogP contribution in [0.2, 0.25) is 0 Å². The fourth-order valence-electron chi connectivity index (χ4n) is 0.741. The number of aliphatic hydroxyl groups is 1. The minimum Gasteiger partial charge on any atom is -0.508 e. The maximum Gasteiger partial charge on any atom is 0.133 e. The lowest BCUT2D eigenvalue weighted by Crippen LogP contribution is -1.90. The van der Waals surface area contributed by atoms with Gasteiger partial charge in [-0.3, -0.25) is 0 Å². The van der Waals surface area contributed by atoms with Crippen LogP contribution >= 0.6 is 15.9 Å².